The summed E-state index contributed by atoms with van der Waals surface area (Å²) in [7, 11) is -2.87. The molecule has 0 spiro atoms. The highest BCUT2D eigenvalue weighted by atomic mass is 28.3. The number of para-hydroxylation sites is 1. The van der Waals surface area contributed by atoms with Crippen LogP contribution in [0.3, 0.4) is 0 Å². The molecule has 0 saturated carbocycles. The molecule has 0 fully saturated rings. The fraction of sp³-hybridized carbons (Fsp3) is 0. The second kappa shape index (κ2) is 15.2. The van der Waals surface area contributed by atoms with Crippen molar-refractivity contribution < 1.29 is 0 Å². The molecule has 0 aliphatic rings. The number of aromatic nitrogens is 2. The van der Waals surface area contributed by atoms with Gasteiger partial charge >= 0.3 is 0 Å². The van der Waals surface area contributed by atoms with Gasteiger partial charge < -0.3 is 9.13 Å². The van der Waals surface area contributed by atoms with Gasteiger partial charge in [-0.25, -0.2) is 0 Å². The van der Waals surface area contributed by atoms with E-state index in [0.29, 0.717) is 0 Å². The van der Waals surface area contributed by atoms with Gasteiger partial charge in [0.2, 0.25) is 0 Å². The van der Waals surface area contributed by atoms with Crippen molar-refractivity contribution in [3.05, 3.63) is 255 Å². The van der Waals surface area contributed by atoms with E-state index in [-0.39, 0.29) is 0 Å². The Morgan fingerprint density at radius 1 is 0.254 bits per heavy atom. The molecule has 12 rings (SSSR count). The third-order valence-corrected chi connectivity index (χ3v) is 17.9. The Morgan fingerprint density at radius 2 is 0.683 bits per heavy atom. The van der Waals surface area contributed by atoms with Crippen LogP contribution in [0.25, 0.3) is 77.2 Å². The van der Waals surface area contributed by atoms with Crippen LogP contribution in [0.2, 0.25) is 0 Å². The summed E-state index contributed by atoms with van der Waals surface area (Å²) in [5.74, 6) is 0. The van der Waals surface area contributed by atoms with E-state index in [4.69, 9.17) is 0 Å². The fourth-order valence-corrected chi connectivity index (χ4v) is 15.3. The first kappa shape index (κ1) is 36.8. The van der Waals surface area contributed by atoms with Crippen LogP contribution in [0, 0.1) is 0 Å². The van der Waals surface area contributed by atoms with Crippen LogP contribution in [-0.2, 0) is 0 Å². The maximum Gasteiger partial charge on any atom is 0.180 e. The molecule has 2 heterocycles. The Hall–Kier alpha value is -7.98. The Labute approximate surface area is 368 Å². The molecule has 63 heavy (non-hydrogen) atoms. The van der Waals surface area contributed by atoms with Crippen molar-refractivity contribution in [1.82, 2.24) is 9.13 Å². The molecule has 3 heteroatoms. The van der Waals surface area contributed by atoms with Gasteiger partial charge in [0, 0.05) is 32.9 Å². The largest absolute Gasteiger partial charge is 0.309 e. The van der Waals surface area contributed by atoms with Gasteiger partial charge in [-0.05, 0) is 85.5 Å². The Balaban J connectivity index is 1.14. The Kier molecular flexibility index (Phi) is 8.87. The summed E-state index contributed by atoms with van der Waals surface area (Å²) >= 11 is 0. The lowest BCUT2D eigenvalue weighted by Gasteiger charge is -2.35. The first-order valence-corrected chi connectivity index (χ1v) is 23.8. The molecular weight excluding hydrogens is 777 g/mol. The molecule has 0 N–H and O–H groups in total. The molecule has 10 aromatic carbocycles. The van der Waals surface area contributed by atoms with Gasteiger partial charge in [-0.1, -0.05) is 212 Å². The molecule has 0 aliphatic heterocycles. The zero-order valence-corrected chi connectivity index (χ0v) is 35.6. The van der Waals surface area contributed by atoms with Crippen LogP contribution < -0.4 is 20.7 Å². The number of hydrogen-bond donors (Lipinski definition) is 0. The Bertz CT molecular complexity index is 3480. The number of fused-ring (bicyclic) bond motifs is 6. The van der Waals surface area contributed by atoms with E-state index in [0.717, 1.165) is 11.4 Å². The van der Waals surface area contributed by atoms with Crippen molar-refractivity contribution in [3.8, 4) is 33.6 Å². The fourth-order valence-electron chi connectivity index (χ4n) is 10.3. The maximum absolute atomic E-state index is 2.87. The third-order valence-electron chi connectivity index (χ3n) is 13.1. The minimum absolute atomic E-state index is 1.13. The smallest absolute Gasteiger partial charge is 0.180 e. The zero-order chi connectivity index (χ0) is 41.7. The molecule has 0 bridgehead atoms. The summed E-state index contributed by atoms with van der Waals surface area (Å²) < 4.78 is 4.97. The second-order valence-electron chi connectivity index (χ2n) is 16.4. The van der Waals surface area contributed by atoms with Crippen molar-refractivity contribution in [2.75, 3.05) is 0 Å². The normalized spacial score (nSPS) is 11.8. The first-order chi connectivity index (χ1) is 31.3. The third kappa shape index (κ3) is 5.93. The molecule has 0 saturated heterocycles. The first-order valence-electron chi connectivity index (χ1n) is 21.8. The monoisotopic (exact) mass is 818 g/mol. The van der Waals surface area contributed by atoms with E-state index in [9.17, 15) is 0 Å². The minimum atomic E-state index is -2.87. The van der Waals surface area contributed by atoms with Gasteiger partial charge in [0.1, 0.15) is 0 Å². The van der Waals surface area contributed by atoms with Crippen LogP contribution in [0.15, 0.2) is 255 Å². The molecule has 296 valence electrons. The maximum atomic E-state index is 2.50. The van der Waals surface area contributed by atoms with Crippen molar-refractivity contribution in [1.29, 1.82) is 0 Å². The lowest BCUT2D eigenvalue weighted by molar-refractivity contribution is 1.15. The molecule has 0 radical (unpaired) electrons. The van der Waals surface area contributed by atoms with E-state index in [1.165, 1.54) is 86.6 Å². The SMILES string of the molecule is c1ccc(-c2ccc(-n3c4cc(-c5ccccc5)ccc4c4ccc(-n5c6ccccc6c6c([Si](c7ccccc7)(c7ccccc7)c7ccccc7)cccc65)cc43)cc2)cc1. The number of rotatable bonds is 8. The van der Waals surface area contributed by atoms with E-state index in [1.54, 1.807) is 0 Å². The van der Waals surface area contributed by atoms with Gasteiger partial charge in [-0.2, -0.15) is 0 Å². The standard InChI is InChI=1S/C60H42N2Si/c1-6-19-43(20-7-1)45-33-36-47(37-34-45)61-57-41-46(44-21-8-2-9-22-44)35-39-52(57)53-40-38-48(42-58(53)61)62-55-30-17-16-29-54(55)60-56(62)31-18-32-59(60)63(49-23-10-3-11-24-49,50-25-12-4-13-26-50)51-27-14-5-15-28-51/h1-42H. The van der Waals surface area contributed by atoms with Crippen LogP contribution in [0.5, 0.6) is 0 Å². The minimum Gasteiger partial charge on any atom is -0.309 e. The summed E-state index contributed by atoms with van der Waals surface area (Å²) in [6.45, 7) is 0. The van der Waals surface area contributed by atoms with Crippen LogP contribution in [-0.4, -0.2) is 17.2 Å². The van der Waals surface area contributed by atoms with Gasteiger partial charge in [0.25, 0.3) is 0 Å². The molecule has 2 aromatic heterocycles. The summed E-state index contributed by atoms with van der Waals surface area (Å²) in [5.41, 5.74) is 11.8. The lowest BCUT2D eigenvalue weighted by atomic mass is 10.0. The second-order valence-corrected chi connectivity index (χ2v) is 20.2. The van der Waals surface area contributed by atoms with Crippen molar-refractivity contribution in [3.63, 3.8) is 0 Å². The van der Waals surface area contributed by atoms with E-state index >= 15 is 0 Å². The number of nitrogens with zero attached hydrogens (tertiary/aromatic N) is 2. The highest BCUT2D eigenvalue weighted by Gasteiger charge is 2.43. The van der Waals surface area contributed by atoms with Crippen molar-refractivity contribution in [2.45, 2.75) is 0 Å². The highest BCUT2D eigenvalue weighted by Crippen LogP contribution is 2.39. The molecule has 0 unspecified atom stereocenters. The highest BCUT2D eigenvalue weighted by molar-refractivity contribution is 7.20. The summed E-state index contributed by atoms with van der Waals surface area (Å²) in [6.07, 6.45) is 0. The van der Waals surface area contributed by atoms with Gasteiger partial charge in [0.15, 0.2) is 8.07 Å². The summed E-state index contributed by atoms with van der Waals surface area (Å²) in [5, 5.41) is 10.5. The van der Waals surface area contributed by atoms with E-state index < -0.39 is 8.07 Å². The number of benzene rings is 10. The predicted octanol–water partition coefficient (Wildman–Crippen LogP) is 12.6. The van der Waals surface area contributed by atoms with E-state index in [1.807, 2.05) is 0 Å². The van der Waals surface area contributed by atoms with E-state index in [2.05, 4.69) is 264 Å². The summed E-state index contributed by atoms with van der Waals surface area (Å²) in [6, 6.07) is 94.2. The molecular formula is C60H42N2Si. The molecule has 0 aliphatic carbocycles. The van der Waals surface area contributed by atoms with Gasteiger partial charge in [0.05, 0.1) is 22.1 Å². The van der Waals surface area contributed by atoms with Gasteiger partial charge in [-0.3, -0.25) is 0 Å². The quantitative estimate of drug-likeness (QED) is 0.107. The van der Waals surface area contributed by atoms with Crippen molar-refractivity contribution >= 4 is 72.4 Å². The molecule has 2 nitrogen and oxygen atoms in total. The van der Waals surface area contributed by atoms with Gasteiger partial charge in [-0.15, -0.1) is 0 Å². The molecule has 12 aromatic rings. The number of hydrogen-bond acceptors (Lipinski definition) is 0. The average molecular weight is 819 g/mol. The van der Waals surface area contributed by atoms with Crippen LogP contribution >= 0.6 is 0 Å². The lowest BCUT2D eigenvalue weighted by Crippen LogP contribution is -2.74. The summed E-state index contributed by atoms with van der Waals surface area (Å²) in [4.78, 5) is 0. The van der Waals surface area contributed by atoms with Crippen molar-refractivity contribution in [2.24, 2.45) is 0 Å². The predicted molar refractivity (Wildman–Crippen MR) is 270 cm³/mol. The zero-order valence-electron chi connectivity index (χ0n) is 34.6. The van der Waals surface area contributed by atoms with Crippen LogP contribution in [0.4, 0.5) is 0 Å². The molecule has 0 amide bonds. The topological polar surface area (TPSA) is 9.86 Å². The average Bonchev–Trinajstić information content (AvgIpc) is 3.88. The molecule has 0 atom stereocenters. The van der Waals surface area contributed by atoms with Crippen LogP contribution in [0.1, 0.15) is 0 Å². The Morgan fingerprint density at radius 3 is 1.29 bits per heavy atom.